The van der Waals surface area contributed by atoms with Crippen molar-refractivity contribution in [2.45, 2.75) is 0 Å². The number of esters is 1. The van der Waals surface area contributed by atoms with E-state index in [1.807, 2.05) is 5.38 Å². The van der Waals surface area contributed by atoms with Crippen LogP contribution in [-0.4, -0.2) is 25.2 Å². The van der Waals surface area contributed by atoms with Gasteiger partial charge in [-0.05, 0) is 41.8 Å². The van der Waals surface area contributed by atoms with Crippen LogP contribution in [0, 0.1) is 0 Å². The number of thiophene rings is 1. The Morgan fingerprint density at radius 3 is 2.85 bits per heavy atom. The molecule has 0 aliphatic rings. The average Bonchev–Trinajstić information content (AvgIpc) is 3.33. The first-order chi connectivity index (χ1) is 12.6. The zero-order valence-corrected chi connectivity index (χ0v) is 15.1. The number of carbonyl (C=O) groups excluding carboxylic acids is 2. The van der Waals surface area contributed by atoms with Gasteiger partial charge in [0.15, 0.2) is 0 Å². The molecule has 0 spiro atoms. The van der Waals surface area contributed by atoms with E-state index in [1.54, 1.807) is 42.5 Å². The molecule has 0 aliphatic carbocycles. The van der Waals surface area contributed by atoms with Crippen molar-refractivity contribution in [3.8, 4) is 11.3 Å². The summed E-state index contributed by atoms with van der Waals surface area (Å²) in [5, 5.41) is 5.98. The molecule has 8 heteroatoms. The van der Waals surface area contributed by atoms with E-state index in [4.69, 9.17) is 20.8 Å². The summed E-state index contributed by atoms with van der Waals surface area (Å²) in [5.74, 6) is 0.156. The van der Waals surface area contributed by atoms with E-state index in [0.717, 1.165) is 0 Å². The molecule has 2 heterocycles. The normalized spacial score (nSPS) is 10.8. The van der Waals surface area contributed by atoms with Crippen LogP contribution in [0.25, 0.3) is 11.3 Å². The minimum absolute atomic E-state index is 0.251. The summed E-state index contributed by atoms with van der Waals surface area (Å²) in [7, 11) is 1.29. The van der Waals surface area contributed by atoms with Gasteiger partial charge in [0, 0.05) is 5.56 Å². The van der Waals surface area contributed by atoms with Crippen molar-refractivity contribution in [1.82, 2.24) is 5.43 Å². The highest BCUT2D eigenvalue weighted by molar-refractivity contribution is 7.12. The number of methoxy groups -OCH3 is 1. The summed E-state index contributed by atoms with van der Waals surface area (Å²) in [6, 6.07) is 11.8. The predicted octanol–water partition coefficient (Wildman–Crippen LogP) is 4.21. The van der Waals surface area contributed by atoms with E-state index < -0.39 is 5.97 Å². The van der Waals surface area contributed by atoms with E-state index in [-0.39, 0.29) is 11.5 Å². The largest absolute Gasteiger partial charge is 0.465 e. The Balaban J connectivity index is 1.73. The lowest BCUT2D eigenvalue weighted by atomic mass is 10.1. The van der Waals surface area contributed by atoms with Crippen molar-refractivity contribution in [3.05, 3.63) is 69.1 Å². The van der Waals surface area contributed by atoms with E-state index in [9.17, 15) is 9.59 Å². The molecule has 0 radical (unpaired) electrons. The maximum absolute atomic E-state index is 11.8. The number of hydrogen-bond acceptors (Lipinski definition) is 6. The molecule has 2 aromatic heterocycles. The second-order valence-corrected chi connectivity index (χ2v) is 6.42. The third kappa shape index (κ3) is 4.01. The van der Waals surface area contributed by atoms with Crippen LogP contribution in [0.4, 0.5) is 0 Å². The van der Waals surface area contributed by atoms with E-state index in [2.05, 4.69) is 10.5 Å². The average molecular weight is 389 g/mol. The van der Waals surface area contributed by atoms with Crippen LogP contribution >= 0.6 is 22.9 Å². The molecule has 26 heavy (non-hydrogen) atoms. The Morgan fingerprint density at radius 2 is 2.12 bits per heavy atom. The molecule has 0 bridgehead atoms. The molecule has 0 fully saturated rings. The van der Waals surface area contributed by atoms with Crippen molar-refractivity contribution in [2.24, 2.45) is 5.10 Å². The van der Waals surface area contributed by atoms with Gasteiger partial charge in [-0.3, -0.25) is 4.79 Å². The number of halogens is 1. The number of amides is 1. The smallest absolute Gasteiger partial charge is 0.339 e. The molecular weight excluding hydrogens is 376 g/mol. The van der Waals surface area contributed by atoms with Crippen molar-refractivity contribution in [1.29, 1.82) is 0 Å². The molecule has 0 atom stereocenters. The fourth-order valence-electron chi connectivity index (χ4n) is 2.14. The molecule has 1 amide bonds. The summed E-state index contributed by atoms with van der Waals surface area (Å²) < 4.78 is 10.4. The second kappa shape index (κ2) is 7.99. The number of ether oxygens (including phenoxy) is 1. The fraction of sp³-hybridized carbons (Fsp3) is 0.0556. The van der Waals surface area contributed by atoms with Crippen molar-refractivity contribution in [3.63, 3.8) is 0 Å². The summed E-state index contributed by atoms with van der Waals surface area (Å²) in [4.78, 5) is 24.1. The standard InChI is InChI=1S/C18H13ClN2O4S/c1-24-18(23)13-9-11(4-6-14(13)19)15-7-5-12(25-15)10-20-21-17(22)16-3-2-8-26-16/h2-10H,1H3,(H,21,22)/b20-10-. The highest BCUT2D eigenvalue weighted by atomic mass is 35.5. The number of carbonyl (C=O) groups is 2. The number of benzene rings is 1. The van der Waals surface area contributed by atoms with Crippen LogP contribution in [0.2, 0.25) is 5.02 Å². The first-order valence-electron chi connectivity index (χ1n) is 7.43. The minimum atomic E-state index is -0.526. The summed E-state index contributed by atoms with van der Waals surface area (Å²) in [6.07, 6.45) is 1.39. The third-order valence-corrected chi connectivity index (χ3v) is 4.58. The van der Waals surface area contributed by atoms with E-state index in [1.165, 1.54) is 24.7 Å². The van der Waals surface area contributed by atoms with Gasteiger partial charge in [0.25, 0.3) is 5.91 Å². The topological polar surface area (TPSA) is 80.9 Å². The highest BCUT2D eigenvalue weighted by Gasteiger charge is 2.13. The maximum Gasteiger partial charge on any atom is 0.339 e. The van der Waals surface area contributed by atoms with Gasteiger partial charge in [0.05, 0.1) is 28.8 Å². The number of hydrazone groups is 1. The van der Waals surface area contributed by atoms with Gasteiger partial charge in [0.2, 0.25) is 0 Å². The number of furan rings is 1. The molecule has 1 N–H and O–H groups in total. The third-order valence-electron chi connectivity index (χ3n) is 3.39. The molecule has 0 saturated carbocycles. The molecule has 0 unspecified atom stereocenters. The van der Waals surface area contributed by atoms with Crippen molar-refractivity contribution >= 4 is 41.0 Å². The number of nitrogens with zero attached hydrogens (tertiary/aromatic N) is 1. The number of nitrogens with one attached hydrogen (secondary N) is 1. The van der Waals surface area contributed by atoms with E-state index >= 15 is 0 Å². The second-order valence-electron chi connectivity index (χ2n) is 5.06. The van der Waals surface area contributed by atoms with Crippen LogP contribution in [0.1, 0.15) is 25.8 Å². The first kappa shape index (κ1) is 17.9. The zero-order valence-electron chi connectivity index (χ0n) is 13.6. The Morgan fingerprint density at radius 1 is 1.27 bits per heavy atom. The lowest BCUT2D eigenvalue weighted by Crippen LogP contribution is -2.15. The quantitative estimate of drug-likeness (QED) is 0.403. The van der Waals surface area contributed by atoms with Crippen LogP contribution in [-0.2, 0) is 4.74 Å². The lowest BCUT2D eigenvalue weighted by molar-refractivity contribution is 0.0601. The van der Waals surface area contributed by atoms with E-state index in [0.29, 0.717) is 27.0 Å². The molecule has 6 nitrogen and oxygen atoms in total. The molecule has 0 aliphatic heterocycles. The molecule has 0 saturated heterocycles. The maximum atomic E-state index is 11.8. The fourth-order valence-corrected chi connectivity index (χ4v) is 2.95. The van der Waals surface area contributed by atoms with Gasteiger partial charge in [-0.15, -0.1) is 11.3 Å². The molecular formula is C18H13ClN2O4S. The monoisotopic (exact) mass is 388 g/mol. The summed E-state index contributed by atoms with van der Waals surface area (Å²) >= 11 is 7.34. The minimum Gasteiger partial charge on any atom is -0.465 e. The van der Waals surface area contributed by atoms with Crippen LogP contribution in [0.15, 0.2) is 57.4 Å². The lowest BCUT2D eigenvalue weighted by Gasteiger charge is -2.04. The summed E-state index contributed by atoms with van der Waals surface area (Å²) in [6.45, 7) is 0. The van der Waals surface area contributed by atoms with Crippen LogP contribution in [0.3, 0.4) is 0 Å². The van der Waals surface area contributed by atoms with Gasteiger partial charge in [-0.2, -0.15) is 5.10 Å². The van der Waals surface area contributed by atoms with Gasteiger partial charge in [0.1, 0.15) is 11.5 Å². The first-order valence-corrected chi connectivity index (χ1v) is 8.69. The Hall–Kier alpha value is -2.90. The van der Waals surface area contributed by atoms with Crippen molar-refractivity contribution in [2.75, 3.05) is 7.11 Å². The highest BCUT2D eigenvalue weighted by Crippen LogP contribution is 2.27. The van der Waals surface area contributed by atoms with Crippen molar-refractivity contribution < 1.29 is 18.7 Å². The van der Waals surface area contributed by atoms with Crippen LogP contribution in [0.5, 0.6) is 0 Å². The summed E-state index contributed by atoms with van der Waals surface area (Å²) in [5.41, 5.74) is 3.34. The molecule has 1 aromatic carbocycles. The van der Waals surface area contributed by atoms with Gasteiger partial charge >= 0.3 is 5.97 Å². The molecule has 3 rings (SSSR count). The number of rotatable bonds is 5. The Labute approximate surface area is 158 Å². The Bertz CT molecular complexity index is 963. The van der Waals surface area contributed by atoms with Gasteiger partial charge < -0.3 is 9.15 Å². The SMILES string of the molecule is COC(=O)c1cc(-c2ccc(/C=N\NC(=O)c3cccs3)o2)ccc1Cl. The van der Waals surface area contributed by atoms with Crippen LogP contribution < -0.4 is 5.43 Å². The molecule has 132 valence electrons. The Kier molecular flexibility index (Phi) is 5.50. The van der Waals surface area contributed by atoms with Gasteiger partial charge in [-0.1, -0.05) is 17.7 Å². The van der Waals surface area contributed by atoms with Gasteiger partial charge in [-0.25, -0.2) is 10.2 Å². The number of hydrogen-bond donors (Lipinski definition) is 1. The molecule has 3 aromatic rings. The zero-order chi connectivity index (χ0) is 18.5. The predicted molar refractivity (Wildman–Crippen MR) is 99.9 cm³/mol.